The van der Waals surface area contributed by atoms with E-state index in [-0.39, 0.29) is 5.82 Å². The molecule has 1 N–H and O–H groups in total. The summed E-state index contributed by atoms with van der Waals surface area (Å²) in [5.74, 6) is 1.04. The number of nitrogens with zero attached hydrogens (tertiary/aromatic N) is 1. The molecule has 1 aliphatic rings. The van der Waals surface area contributed by atoms with Crippen molar-refractivity contribution in [3.05, 3.63) is 24.0 Å². The monoisotopic (exact) mass is 280 g/mol. The van der Waals surface area contributed by atoms with Gasteiger partial charge in [-0.25, -0.2) is 4.39 Å². The molecule has 20 heavy (non-hydrogen) atoms. The maximum atomic E-state index is 13.3. The quantitative estimate of drug-likeness (QED) is 0.917. The van der Waals surface area contributed by atoms with Gasteiger partial charge < -0.3 is 15.0 Å². The van der Waals surface area contributed by atoms with Crippen LogP contribution >= 0.6 is 0 Å². The molecule has 1 aromatic carbocycles. The zero-order valence-corrected chi connectivity index (χ0v) is 12.7. The van der Waals surface area contributed by atoms with Crippen molar-refractivity contribution < 1.29 is 9.13 Å². The minimum atomic E-state index is -0.253. The number of nitrogens with one attached hydrogen (secondary N) is 1. The predicted molar refractivity (Wildman–Crippen MR) is 81.0 cm³/mol. The normalized spacial score (nSPS) is 20.1. The Balaban J connectivity index is 2.17. The van der Waals surface area contributed by atoms with Gasteiger partial charge in [-0.3, -0.25) is 0 Å². The number of benzene rings is 1. The third-order valence-electron chi connectivity index (χ3n) is 3.72. The smallest absolute Gasteiger partial charge is 0.145 e. The van der Waals surface area contributed by atoms with E-state index in [0.29, 0.717) is 17.7 Å². The maximum Gasteiger partial charge on any atom is 0.145 e. The Kier molecular flexibility index (Phi) is 5.24. The third-order valence-corrected chi connectivity index (χ3v) is 3.72. The van der Waals surface area contributed by atoms with Crippen molar-refractivity contribution in [3.8, 4) is 5.75 Å². The Morgan fingerprint density at radius 1 is 1.45 bits per heavy atom. The van der Waals surface area contributed by atoms with Gasteiger partial charge in [0, 0.05) is 25.2 Å². The molecule has 0 aliphatic carbocycles. The molecule has 0 saturated carbocycles. The molecule has 0 radical (unpaired) electrons. The molecular weight excluding hydrogens is 255 g/mol. The van der Waals surface area contributed by atoms with Gasteiger partial charge in [0.2, 0.25) is 0 Å². The number of ether oxygens (including phenoxy) is 1. The van der Waals surface area contributed by atoms with E-state index in [1.54, 1.807) is 7.11 Å². The molecule has 1 saturated heterocycles. The van der Waals surface area contributed by atoms with Gasteiger partial charge in [0.05, 0.1) is 12.8 Å². The molecule has 3 nitrogen and oxygen atoms in total. The van der Waals surface area contributed by atoms with Gasteiger partial charge in [0.25, 0.3) is 0 Å². The fourth-order valence-corrected chi connectivity index (χ4v) is 2.86. The molecule has 1 atom stereocenters. The average Bonchev–Trinajstić information content (AvgIpc) is 2.63. The summed E-state index contributed by atoms with van der Waals surface area (Å²) in [5, 5.41) is 3.60. The summed E-state index contributed by atoms with van der Waals surface area (Å²) in [7, 11) is 1.60. The average molecular weight is 280 g/mol. The number of rotatable bonds is 4. The van der Waals surface area contributed by atoms with Crippen LogP contribution in [0.2, 0.25) is 0 Å². The van der Waals surface area contributed by atoms with Crippen LogP contribution in [0.3, 0.4) is 0 Å². The van der Waals surface area contributed by atoms with Crippen LogP contribution in [-0.4, -0.2) is 32.8 Å². The zero-order valence-electron chi connectivity index (χ0n) is 12.7. The first-order valence-electron chi connectivity index (χ1n) is 7.42. The minimum Gasteiger partial charge on any atom is -0.494 e. The number of hydrogen-bond acceptors (Lipinski definition) is 3. The Hall–Kier alpha value is -1.29. The van der Waals surface area contributed by atoms with Crippen LogP contribution in [0.15, 0.2) is 18.2 Å². The molecule has 1 aliphatic heterocycles. The van der Waals surface area contributed by atoms with Crippen molar-refractivity contribution in [2.75, 3.05) is 31.6 Å². The van der Waals surface area contributed by atoms with Gasteiger partial charge in [-0.2, -0.15) is 0 Å². The van der Waals surface area contributed by atoms with Gasteiger partial charge >= 0.3 is 0 Å². The van der Waals surface area contributed by atoms with Crippen LogP contribution in [-0.2, 0) is 0 Å². The van der Waals surface area contributed by atoms with Crippen LogP contribution in [0.5, 0.6) is 5.75 Å². The molecule has 1 fully saturated rings. The maximum absolute atomic E-state index is 13.3. The summed E-state index contributed by atoms with van der Waals surface area (Å²) < 4.78 is 18.7. The highest BCUT2D eigenvalue weighted by Gasteiger charge is 2.21. The molecule has 1 unspecified atom stereocenters. The summed E-state index contributed by atoms with van der Waals surface area (Å²) in [6, 6.07) is 5.28. The number of anilines is 1. The molecule has 4 heteroatoms. The van der Waals surface area contributed by atoms with Gasteiger partial charge in [-0.15, -0.1) is 0 Å². The molecule has 112 valence electrons. The first-order chi connectivity index (χ1) is 9.60. The van der Waals surface area contributed by atoms with Crippen molar-refractivity contribution in [1.82, 2.24) is 5.32 Å². The van der Waals surface area contributed by atoms with Crippen LogP contribution in [0, 0.1) is 11.7 Å². The van der Waals surface area contributed by atoms with Crippen LogP contribution in [0.25, 0.3) is 0 Å². The van der Waals surface area contributed by atoms with E-state index in [1.165, 1.54) is 12.1 Å². The number of hydrogen-bond donors (Lipinski definition) is 1. The fourth-order valence-electron chi connectivity index (χ4n) is 2.86. The molecule has 2 rings (SSSR count). The third kappa shape index (κ3) is 3.85. The lowest BCUT2D eigenvalue weighted by molar-refractivity contribution is 0.408. The summed E-state index contributed by atoms with van der Waals surface area (Å²) in [6.45, 7) is 7.45. The summed E-state index contributed by atoms with van der Waals surface area (Å²) in [5.41, 5.74) is 0.992. The molecule has 0 spiro atoms. The molecule has 0 aromatic heterocycles. The molecule has 1 heterocycles. The summed E-state index contributed by atoms with van der Waals surface area (Å²) >= 11 is 0. The van der Waals surface area contributed by atoms with E-state index in [0.717, 1.165) is 38.2 Å². The van der Waals surface area contributed by atoms with E-state index in [4.69, 9.17) is 4.74 Å². The second-order valence-corrected chi connectivity index (χ2v) is 5.90. The largest absolute Gasteiger partial charge is 0.494 e. The minimum absolute atomic E-state index is 0.253. The lowest BCUT2D eigenvalue weighted by Gasteiger charge is -2.28. The second kappa shape index (κ2) is 6.93. The van der Waals surface area contributed by atoms with Crippen molar-refractivity contribution in [2.45, 2.75) is 32.7 Å². The molecule has 0 amide bonds. The van der Waals surface area contributed by atoms with Crippen molar-refractivity contribution >= 4 is 5.69 Å². The SMILES string of the molecule is COc1cc(F)ccc1N1CCCNC(CC(C)C)C1. The lowest BCUT2D eigenvalue weighted by atomic mass is 10.0. The van der Waals surface area contributed by atoms with Gasteiger partial charge in [0.1, 0.15) is 11.6 Å². The van der Waals surface area contributed by atoms with Gasteiger partial charge in [-0.1, -0.05) is 13.8 Å². The van der Waals surface area contributed by atoms with E-state index < -0.39 is 0 Å². The number of methoxy groups -OCH3 is 1. The molecule has 0 bridgehead atoms. The fraction of sp³-hybridized carbons (Fsp3) is 0.625. The van der Waals surface area contributed by atoms with Crippen LogP contribution in [0.1, 0.15) is 26.7 Å². The highest BCUT2D eigenvalue weighted by atomic mass is 19.1. The lowest BCUT2D eigenvalue weighted by Crippen LogP contribution is -2.38. The first kappa shape index (κ1) is 15.1. The zero-order chi connectivity index (χ0) is 14.5. The standard InChI is InChI=1S/C16H25FN2O/c1-12(2)9-14-11-19(8-4-7-18-14)15-6-5-13(17)10-16(15)20-3/h5-6,10,12,14,18H,4,7-9,11H2,1-3H3. The van der Waals surface area contributed by atoms with Crippen LogP contribution < -0.4 is 15.0 Å². The van der Waals surface area contributed by atoms with E-state index in [9.17, 15) is 4.39 Å². The van der Waals surface area contributed by atoms with Gasteiger partial charge in [0.15, 0.2) is 0 Å². The molecule has 1 aromatic rings. The Morgan fingerprint density at radius 2 is 2.25 bits per heavy atom. The Labute approximate surface area is 121 Å². The summed E-state index contributed by atoms with van der Waals surface area (Å²) in [6.07, 6.45) is 2.25. The highest BCUT2D eigenvalue weighted by Crippen LogP contribution is 2.30. The predicted octanol–water partition coefficient (Wildman–Crippen LogP) is 3.05. The molecular formula is C16H25FN2O. The van der Waals surface area contributed by atoms with E-state index >= 15 is 0 Å². The van der Waals surface area contributed by atoms with Crippen molar-refractivity contribution in [2.24, 2.45) is 5.92 Å². The Morgan fingerprint density at radius 3 is 2.95 bits per heavy atom. The Bertz CT molecular complexity index is 436. The highest BCUT2D eigenvalue weighted by molar-refractivity contribution is 5.58. The van der Waals surface area contributed by atoms with Crippen molar-refractivity contribution in [1.29, 1.82) is 0 Å². The summed E-state index contributed by atoms with van der Waals surface area (Å²) in [4.78, 5) is 2.31. The topological polar surface area (TPSA) is 24.5 Å². The second-order valence-electron chi connectivity index (χ2n) is 5.90. The van der Waals surface area contributed by atoms with E-state index in [1.807, 2.05) is 6.07 Å². The number of halogens is 1. The first-order valence-corrected chi connectivity index (χ1v) is 7.42. The van der Waals surface area contributed by atoms with E-state index in [2.05, 4.69) is 24.1 Å². The van der Waals surface area contributed by atoms with Gasteiger partial charge in [-0.05, 0) is 37.4 Å². The van der Waals surface area contributed by atoms with Crippen LogP contribution in [0.4, 0.5) is 10.1 Å². The van der Waals surface area contributed by atoms with Crippen molar-refractivity contribution in [3.63, 3.8) is 0 Å².